The first kappa shape index (κ1) is 19.1. The van der Waals surface area contributed by atoms with Gasteiger partial charge in [0.15, 0.2) is 0 Å². The first-order valence-electron chi connectivity index (χ1n) is 8.92. The third-order valence-corrected chi connectivity index (χ3v) is 6.50. The number of hydrazine groups is 1. The van der Waals surface area contributed by atoms with Crippen molar-refractivity contribution in [1.82, 2.24) is 10.4 Å². The smallest absolute Gasteiger partial charge is 0.406 e. The van der Waals surface area contributed by atoms with E-state index < -0.39 is 17.2 Å². The highest BCUT2D eigenvalue weighted by Gasteiger charge is 2.52. The van der Waals surface area contributed by atoms with E-state index in [0.29, 0.717) is 22.7 Å². The summed E-state index contributed by atoms with van der Waals surface area (Å²) < 4.78 is 41.4. The molecule has 0 radical (unpaired) electrons. The van der Waals surface area contributed by atoms with Crippen molar-refractivity contribution in [3.05, 3.63) is 18.2 Å². The standard InChI is InChI=1S/C18H18F3N3O3S/c1-10(25)23-24-16(26)15-13(9-17(24)6-2-3-7-17)22-12-5-4-11(8-14(12)28-15)27-18(19,20)21/h4-5,8,15H,2-3,6-7,9H2,1H3,(H,23,25). The second kappa shape index (κ2) is 6.68. The van der Waals surface area contributed by atoms with Crippen molar-refractivity contribution in [2.45, 2.75) is 61.1 Å². The van der Waals surface area contributed by atoms with Crippen LogP contribution in [0.2, 0.25) is 0 Å². The number of hydrogen-bond acceptors (Lipinski definition) is 5. The van der Waals surface area contributed by atoms with Crippen LogP contribution in [0.5, 0.6) is 5.75 Å². The fourth-order valence-electron chi connectivity index (χ4n) is 4.14. The number of ether oxygens (including phenoxy) is 1. The Balaban J connectivity index is 1.68. The number of rotatable bonds is 2. The number of piperidine rings is 1. The fraction of sp³-hybridized carbons (Fsp3) is 0.500. The molecule has 150 valence electrons. The lowest BCUT2D eigenvalue weighted by Gasteiger charge is -2.47. The monoisotopic (exact) mass is 413 g/mol. The van der Waals surface area contributed by atoms with E-state index in [2.05, 4.69) is 15.2 Å². The van der Waals surface area contributed by atoms with Crippen molar-refractivity contribution in [1.29, 1.82) is 0 Å². The molecule has 6 nitrogen and oxygen atoms in total. The summed E-state index contributed by atoms with van der Waals surface area (Å²) in [6, 6.07) is 3.93. The van der Waals surface area contributed by atoms with E-state index in [1.807, 2.05) is 0 Å². The number of halogens is 3. The Bertz CT molecular complexity index is 865. The number of alkyl halides is 3. The average molecular weight is 413 g/mol. The molecule has 1 aliphatic carbocycles. The highest BCUT2D eigenvalue weighted by molar-refractivity contribution is 8.01. The number of nitrogens with one attached hydrogen (secondary N) is 1. The summed E-state index contributed by atoms with van der Waals surface area (Å²) in [5.74, 6) is -0.978. The second-order valence-electron chi connectivity index (χ2n) is 7.23. The molecule has 3 aliphatic rings. The predicted molar refractivity (Wildman–Crippen MR) is 96.3 cm³/mol. The number of aliphatic imine (C=N–C) groups is 1. The zero-order valence-electron chi connectivity index (χ0n) is 15.0. The number of amides is 2. The van der Waals surface area contributed by atoms with E-state index in [-0.39, 0.29) is 17.6 Å². The summed E-state index contributed by atoms with van der Waals surface area (Å²) in [6.07, 6.45) is -0.774. The molecule has 2 aliphatic heterocycles. The molecule has 0 bridgehead atoms. The van der Waals surface area contributed by atoms with Crippen molar-refractivity contribution < 1.29 is 27.5 Å². The fourth-order valence-corrected chi connectivity index (χ4v) is 5.29. The topological polar surface area (TPSA) is 71.0 Å². The molecule has 4 rings (SSSR count). The highest BCUT2D eigenvalue weighted by atomic mass is 32.2. The highest BCUT2D eigenvalue weighted by Crippen LogP contribution is 2.48. The van der Waals surface area contributed by atoms with Gasteiger partial charge in [-0.2, -0.15) is 0 Å². The molecule has 10 heteroatoms. The summed E-state index contributed by atoms with van der Waals surface area (Å²) >= 11 is 1.14. The van der Waals surface area contributed by atoms with Crippen molar-refractivity contribution in [3.8, 4) is 5.75 Å². The Labute approximate surface area is 163 Å². The van der Waals surface area contributed by atoms with Crippen molar-refractivity contribution in [3.63, 3.8) is 0 Å². The number of benzene rings is 1. The van der Waals surface area contributed by atoms with Crippen molar-refractivity contribution in [2.75, 3.05) is 0 Å². The van der Waals surface area contributed by atoms with Crippen LogP contribution in [0.15, 0.2) is 28.1 Å². The SMILES string of the molecule is CC(=O)NN1C(=O)C2Sc3cc(OC(F)(F)F)ccc3N=C2CC12CCCC2. The molecule has 1 aromatic carbocycles. The van der Waals surface area contributed by atoms with Crippen LogP contribution in [-0.2, 0) is 9.59 Å². The van der Waals surface area contributed by atoms with E-state index >= 15 is 0 Å². The van der Waals surface area contributed by atoms with Gasteiger partial charge in [-0.25, -0.2) is 5.01 Å². The van der Waals surface area contributed by atoms with Gasteiger partial charge < -0.3 is 4.74 Å². The third kappa shape index (κ3) is 3.45. The zero-order chi connectivity index (χ0) is 20.1. The number of nitrogens with zero attached hydrogens (tertiary/aromatic N) is 2. The Kier molecular flexibility index (Phi) is 4.56. The van der Waals surface area contributed by atoms with Gasteiger partial charge in [-0.15, -0.1) is 24.9 Å². The van der Waals surface area contributed by atoms with Crippen LogP contribution in [0.3, 0.4) is 0 Å². The van der Waals surface area contributed by atoms with Gasteiger partial charge in [0.2, 0.25) is 5.91 Å². The summed E-state index contributed by atoms with van der Waals surface area (Å²) in [4.78, 5) is 29.9. The Morgan fingerprint density at radius 2 is 2.07 bits per heavy atom. The number of carbonyl (C=O) groups is 2. The van der Waals surface area contributed by atoms with Crippen LogP contribution in [0.4, 0.5) is 18.9 Å². The van der Waals surface area contributed by atoms with Gasteiger partial charge in [-0.3, -0.25) is 20.0 Å². The molecule has 2 heterocycles. The van der Waals surface area contributed by atoms with E-state index in [1.54, 1.807) is 0 Å². The molecule has 1 spiro atoms. The van der Waals surface area contributed by atoms with Crippen LogP contribution in [0.25, 0.3) is 0 Å². The molecule has 28 heavy (non-hydrogen) atoms. The van der Waals surface area contributed by atoms with Gasteiger partial charge in [0.1, 0.15) is 11.0 Å². The molecular formula is C18H18F3N3O3S. The molecule has 0 aromatic heterocycles. The van der Waals surface area contributed by atoms with Crippen LogP contribution in [0, 0.1) is 0 Å². The minimum absolute atomic E-state index is 0.292. The van der Waals surface area contributed by atoms with Gasteiger partial charge >= 0.3 is 6.36 Å². The number of fused-ring (bicyclic) bond motifs is 2. The normalized spacial score (nSPS) is 23.1. The largest absolute Gasteiger partial charge is 0.573 e. The lowest BCUT2D eigenvalue weighted by Crippen LogP contribution is -2.66. The molecule has 1 saturated heterocycles. The van der Waals surface area contributed by atoms with E-state index in [0.717, 1.165) is 37.4 Å². The van der Waals surface area contributed by atoms with Crippen LogP contribution in [-0.4, -0.2) is 39.7 Å². The first-order valence-corrected chi connectivity index (χ1v) is 9.80. The molecule has 1 aromatic rings. The lowest BCUT2D eigenvalue weighted by atomic mass is 9.84. The van der Waals surface area contributed by atoms with Gasteiger partial charge in [0.05, 0.1) is 11.2 Å². The second-order valence-corrected chi connectivity index (χ2v) is 8.38. The van der Waals surface area contributed by atoms with E-state index in [1.165, 1.54) is 30.1 Å². The van der Waals surface area contributed by atoms with Crippen molar-refractivity contribution >= 4 is 35.0 Å². The molecule has 1 atom stereocenters. The third-order valence-electron chi connectivity index (χ3n) is 5.21. The summed E-state index contributed by atoms with van der Waals surface area (Å²) in [7, 11) is 0. The summed E-state index contributed by atoms with van der Waals surface area (Å²) in [5.41, 5.74) is 3.42. The molecular weight excluding hydrogens is 395 g/mol. The van der Waals surface area contributed by atoms with Crippen LogP contribution in [0.1, 0.15) is 39.0 Å². The summed E-state index contributed by atoms with van der Waals surface area (Å²) in [6.45, 7) is 1.35. The Hall–Kier alpha value is -2.23. The maximum absolute atomic E-state index is 13.2. The maximum atomic E-state index is 13.2. The van der Waals surface area contributed by atoms with Gasteiger partial charge in [0.25, 0.3) is 5.91 Å². The lowest BCUT2D eigenvalue weighted by molar-refractivity contribution is -0.274. The molecule has 2 fully saturated rings. The molecule has 1 N–H and O–H groups in total. The number of hydrogen-bond donors (Lipinski definition) is 1. The van der Waals surface area contributed by atoms with Crippen molar-refractivity contribution in [2.24, 2.45) is 4.99 Å². The molecule has 1 unspecified atom stereocenters. The van der Waals surface area contributed by atoms with Gasteiger partial charge in [0, 0.05) is 24.0 Å². The average Bonchev–Trinajstić information content (AvgIpc) is 3.05. The Morgan fingerprint density at radius 3 is 2.71 bits per heavy atom. The van der Waals surface area contributed by atoms with Crippen LogP contribution >= 0.6 is 11.8 Å². The number of carbonyl (C=O) groups excluding carboxylic acids is 2. The molecule has 1 saturated carbocycles. The zero-order valence-corrected chi connectivity index (χ0v) is 15.8. The number of thioether (sulfide) groups is 1. The summed E-state index contributed by atoms with van der Waals surface area (Å²) in [5, 5.41) is 0.770. The van der Waals surface area contributed by atoms with Crippen LogP contribution < -0.4 is 10.2 Å². The minimum Gasteiger partial charge on any atom is -0.406 e. The quantitative estimate of drug-likeness (QED) is 0.802. The van der Waals surface area contributed by atoms with Gasteiger partial charge in [-0.1, -0.05) is 12.8 Å². The van der Waals surface area contributed by atoms with E-state index in [9.17, 15) is 22.8 Å². The van der Waals surface area contributed by atoms with E-state index in [4.69, 9.17) is 0 Å². The predicted octanol–water partition coefficient (Wildman–Crippen LogP) is 3.73. The Morgan fingerprint density at radius 1 is 1.36 bits per heavy atom. The first-order chi connectivity index (χ1) is 13.2. The minimum atomic E-state index is -4.79. The van der Waals surface area contributed by atoms with Gasteiger partial charge in [-0.05, 0) is 31.0 Å². The molecule has 2 amide bonds. The maximum Gasteiger partial charge on any atom is 0.573 e.